The number of amides is 2. The second kappa shape index (κ2) is 8.37. The van der Waals surface area contributed by atoms with Crippen LogP contribution >= 0.6 is 23.1 Å². The van der Waals surface area contributed by atoms with Gasteiger partial charge in [-0.2, -0.15) is 13.2 Å². The van der Waals surface area contributed by atoms with Crippen molar-refractivity contribution >= 4 is 40.6 Å². The molecule has 2 N–H and O–H groups in total. The molecule has 7 nitrogen and oxygen atoms in total. The van der Waals surface area contributed by atoms with Gasteiger partial charge in [0, 0.05) is 16.0 Å². The van der Waals surface area contributed by atoms with Crippen molar-refractivity contribution in [3.05, 3.63) is 68.1 Å². The molecule has 2 bridgehead atoms. The predicted octanol–water partition coefficient (Wildman–Crippen LogP) is 4.85. The number of thioether (sulfide) groups is 1. The topological polar surface area (TPSA) is 99.7 Å². The number of imide groups is 1. The second-order valence-corrected chi connectivity index (χ2v) is 12.6. The van der Waals surface area contributed by atoms with Gasteiger partial charge in [0.25, 0.3) is 0 Å². The number of H-pyrrole nitrogens is 1. The molecule has 0 spiro atoms. The highest BCUT2D eigenvalue weighted by Gasteiger charge is 2.70. The molecule has 2 aliphatic carbocycles. The molecule has 7 rings (SSSR count). The number of thiazole rings is 1. The van der Waals surface area contributed by atoms with Gasteiger partial charge in [0.1, 0.15) is 0 Å². The lowest BCUT2D eigenvalue weighted by Gasteiger charge is -2.43. The fourth-order valence-electron chi connectivity index (χ4n) is 7.42. The van der Waals surface area contributed by atoms with Gasteiger partial charge in [-0.15, -0.1) is 11.8 Å². The molecular formula is C27H21F3N2O5S2. The van der Waals surface area contributed by atoms with E-state index >= 15 is 0 Å². The van der Waals surface area contributed by atoms with E-state index in [4.69, 9.17) is 4.74 Å². The molecule has 1 saturated heterocycles. The summed E-state index contributed by atoms with van der Waals surface area (Å²) in [5, 5.41) is 10.8. The molecule has 2 amide bonds. The number of anilines is 1. The van der Waals surface area contributed by atoms with Crippen molar-refractivity contribution in [3.63, 3.8) is 0 Å². The Labute approximate surface area is 228 Å². The van der Waals surface area contributed by atoms with E-state index in [1.807, 2.05) is 0 Å². The Morgan fingerprint density at radius 3 is 2.49 bits per heavy atom. The van der Waals surface area contributed by atoms with Gasteiger partial charge in [-0.25, -0.2) is 4.90 Å². The summed E-state index contributed by atoms with van der Waals surface area (Å²) in [6.45, 7) is 0. The van der Waals surface area contributed by atoms with Crippen LogP contribution in [-0.4, -0.2) is 34.3 Å². The summed E-state index contributed by atoms with van der Waals surface area (Å²) >= 11 is 2.59. The van der Waals surface area contributed by atoms with Crippen molar-refractivity contribution in [1.29, 1.82) is 0 Å². The Morgan fingerprint density at radius 1 is 1.05 bits per heavy atom. The average molecular weight is 575 g/mol. The van der Waals surface area contributed by atoms with Gasteiger partial charge in [-0.3, -0.25) is 14.4 Å². The number of rotatable bonds is 3. The monoisotopic (exact) mass is 574 g/mol. The van der Waals surface area contributed by atoms with Crippen LogP contribution in [0.4, 0.5) is 18.9 Å². The minimum Gasteiger partial charge on any atom is -0.504 e. The molecule has 3 fully saturated rings. The number of fused-ring (bicyclic) bond motifs is 9. The number of carbonyl (C=O) groups excluding carboxylic acids is 2. The van der Waals surface area contributed by atoms with Gasteiger partial charge >= 0.3 is 11.0 Å². The Morgan fingerprint density at radius 2 is 1.77 bits per heavy atom. The van der Waals surface area contributed by atoms with Gasteiger partial charge in [-0.1, -0.05) is 29.5 Å². The van der Waals surface area contributed by atoms with E-state index in [0.29, 0.717) is 11.4 Å². The number of benzene rings is 2. The van der Waals surface area contributed by atoms with E-state index in [1.54, 1.807) is 12.1 Å². The molecule has 1 aromatic heterocycles. The summed E-state index contributed by atoms with van der Waals surface area (Å²) < 4.78 is 46.8. The van der Waals surface area contributed by atoms with Crippen LogP contribution in [0.1, 0.15) is 28.3 Å². The number of ether oxygens (including phenoxy) is 1. The van der Waals surface area contributed by atoms with Gasteiger partial charge < -0.3 is 14.8 Å². The number of nitrogens with one attached hydrogen (secondary N) is 1. The molecule has 39 heavy (non-hydrogen) atoms. The van der Waals surface area contributed by atoms with Crippen LogP contribution in [0.5, 0.6) is 11.5 Å². The highest BCUT2D eigenvalue weighted by Crippen LogP contribution is 2.69. The first kappa shape index (κ1) is 24.8. The number of alkyl halides is 3. The normalized spacial score (nSPS) is 30.9. The maximum atomic E-state index is 13.8. The highest BCUT2D eigenvalue weighted by atomic mass is 32.2. The number of aromatic amines is 1. The van der Waals surface area contributed by atoms with E-state index in [0.717, 1.165) is 32.7 Å². The number of halogens is 3. The average Bonchev–Trinajstić information content (AvgIpc) is 3.62. The summed E-state index contributed by atoms with van der Waals surface area (Å²) in [6, 6.07) is 9.71. The van der Waals surface area contributed by atoms with E-state index < -0.39 is 41.1 Å². The van der Waals surface area contributed by atoms with Crippen LogP contribution in [0, 0.1) is 29.6 Å². The first-order valence-electron chi connectivity index (χ1n) is 12.4. The van der Waals surface area contributed by atoms with Gasteiger partial charge in [0.05, 0.1) is 35.2 Å². The van der Waals surface area contributed by atoms with Crippen LogP contribution in [0.15, 0.2) is 52.3 Å². The Kier molecular flexibility index (Phi) is 5.32. The summed E-state index contributed by atoms with van der Waals surface area (Å²) in [4.78, 5) is 44.2. The third-order valence-corrected chi connectivity index (χ3v) is 11.3. The maximum Gasteiger partial charge on any atom is 0.418 e. The third kappa shape index (κ3) is 3.40. The molecule has 0 unspecified atom stereocenters. The number of aromatic nitrogens is 1. The van der Waals surface area contributed by atoms with Crippen molar-refractivity contribution in [2.75, 3.05) is 12.0 Å². The number of nitrogens with zero attached hydrogens (tertiary/aromatic N) is 1. The van der Waals surface area contributed by atoms with Crippen molar-refractivity contribution in [3.8, 4) is 11.5 Å². The lowest BCUT2D eigenvalue weighted by atomic mass is 9.68. The highest BCUT2D eigenvalue weighted by molar-refractivity contribution is 8.00. The molecule has 12 heteroatoms. The Bertz CT molecular complexity index is 1600. The molecule has 7 atom stereocenters. The van der Waals surface area contributed by atoms with Crippen LogP contribution in [-0.2, 0) is 15.8 Å². The number of methoxy groups -OCH3 is 1. The fraction of sp³-hybridized carbons (Fsp3) is 0.370. The largest absolute Gasteiger partial charge is 0.504 e. The number of phenols is 1. The van der Waals surface area contributed by atoms with Crippen molar-refractivity contribution < 1.29 is 32.6 Å². The SMILES string of the molecule is COc1cc([C@@H]2c3sc(=O)[nH]c3S[C@@H]3[C@@H]4C[C@@H]([C@@H]5C(=O)N(c6ccccc6C(F)(F)F)C(=O)[C@@H]45)[C@@H]23)ccc1O. The third-order valence-electron chi connectivity index (χ3n) is 8.74. The van der Waals surface area contributed by atoms with E-state index in [-0.39, 0.29) is 45.3 Å². The molecule has 4 aliphatic rings. The minimum atomic E-state index is -4.72. The first-order chi connectivity index (χ1) is 18.6. The number of para-hydroxylation sites is 1. The predicted molar refractivity (Wildman–Crippen MR) is 137 cm³/mol. The zero-order valence-electron chi connectivity index (χ0n) is 20.3. The first-order valence-corrected chi connectivity index (χ1v) is 14.1. The molecular weight excluding hydrogens is 553 g/mol. The zero-order chi connectivity index (χ0) is 27.4. The number of hydrogen-bond donors (Lipinski definition) is 2. The number of hydrogen-bond acceptors (Lipinski definition) is 7. The number of carbonyl (C=O) groups is 2. The summed E-state index contributed by atoms with van der Waals surface area (Å²) in [7, 11) is 1.44. The van der Waals surface area contributed by atoms with Crippen molar-refractivity contribution in [1.82, 2.24) is 4.98 Å². The van der Waals surface area contributed by atoms with Crippen LogP contribution < -0.4 is 14.5 Å². The zero-order valence-corrected chi connectivity index (χ0v) is 21.9. The lowest BCUT2D eigenvalue weighted by Crippen LogP contribution is -2.42. The number of aromatic hydroxyl groups is 1. The maximum absolute atomic E-state index is 13.8. The Hall–Kier alpha value is -3.25. The second-order valence-electron chi connectivity index (χ2n) is 10.4. The summed E-state index contributed by atoms with van der Waals surface area (Å²) in [5.41, 5.74) is -0.635. The smallest absolute Gasteiger partial charge is 0.418 e. The molecule has 202 valence electrons. The van der Waals surface area contributed by atoms with E-state index in [9.17, 15) is 32.7 Å². The van der Waals surface area contributed by atoms with E-state index in [1.165, 1.54) is 43.1 Å². The molecule has 2 saturated carbocycles. The molecule has 2 aliphatic heterocycles. The van der Waals surface area contributed by atoms with Gasteiger partial charge in [0.15, 0.2) is 11.5 Å². The van der Waals surface area contributed by atoms with Crippen LogP contribution in [0.3, 0.4) is 0 Å². The molecule has 3 heterocycles. The fourth-order valence-corrected chi connectivity index (χ4v) is 10.3. The minimum absolute atomic E-state index is 0.0333. The van der Waals surface area contributed by atoms with Gasteiger partial charge in [-0.05, 0) is 54.0 Å². The van der Waals surface area contributed by atoms with Crippen LogP contribution in [0.25, 0.3) is 0 Å². The van der Waals surface area contributed by atoms with Gasteiger partial charge in [0.2, 0.25) is 11.8 Å². The molecule has 2 aromatic carbocycles. The summed E-state index contributed by atoms with van der Waals surface area (Å²) in [6.07, 6.45) is -4.12. The summed E-state index contributed by atoms with van der Waals surface area (Å²) in [5.74, 6) is -3.30. The molecule has 0 radical (unpaired) electrons. The van der Waals surface area contributed by atoms with Crippen LogP contribution in [0.2, 0.25) is 0 Å². The van der Waals surface area contributed by atoms with Crippen molar-refractivity contribution in [2.24, 2.45) is 29.6 Å². The quantitative estimate of drug-likeness (QED) is 0.434. The Balaban J connectivity index is 1.33. The molecule has 3 aromatic rings. The van der Waals surface area contributed by atoms with E-state index in [2.05, 4.69) is 4.98 Å². The van der Waals surface area contributed by atoms with Crippen molar-refractivity contribution in [2.45, 2.75) is 28.8 Å². The lowest BCUT2D eigenvalue weighted by molar-refractivity contribution is -0.137. The number of phenolic OH excluding ortho intramolecular Hbond substituents is 1. The standard InChI is InChI=1S/C27H21F3N2O5S2/c1-37-16-8-10(6-7-15(16)33)17-18-11-9-12(21(18)38-23-22(17)39-26(36)31-23)20-19(11)24(34)32(25(20)35)14-5-3-2-4-13(14)27(28,29)30/h2-8,11-12,17-21,33H,9H2,1H3,(H,31,36)/t11-,12-,17+,18+,19+,20+,21-/m1/s1.